The summed E-state index contributed by atoms with van der Waals surface area (Å²) >= 11 is 5.41. The lowest BCUT2D eigenvalue weighted by Gasteiger charge is -2.33. The monoisotopic (exact) mass is 328 g/mol. The van der Waals surface area contributed by atoms with Gasteiger partial charge in [0.2, 0.25) is 0 Å². The Labute approximate surface area is 122 Å². The Morgan fingerprint density at radius 1 is 1.50 bits per heavy atom. The van der Waals surface area contributed by atoms with Gasteiger partial charge in [-0.3, -0.25) is 0 Å². The second kappa shape index (κ2) is 6.92. The highest BCUT2D eigenvalue weighted by Gasteiger charge is 2.29. The molecule has 0 saturated heterocycles. The highest BCUT2D eigenvalue weighted by molar-refractivity contribution is 9.10. The highest BCUT2D eigenvalue weighted by atomic mass is 79.9. The molecule has 0 radical (unpaired) electrons. The number of nitrogens with zero attached hydrogens (tertiary/aromatic N) is 1. The quantitative estimate of drug-likeness (QED) is 0.898. The van der Waals surface area contributed by atoms with Gasteiger partial charge in [-0.1, -0.05) is 19.8 Å². The maximum atomic E-state index is 6.27. The highest BCUT2D eigenvalue weighted by Crippen LogP contribution is 2.38. The van der Waals surface area contributed by atoms with Crippen LogP contribution in [0.5, 0.6) is 0 Å². The third kappa shape index (κ3) is 3.72. The van der Waals surface area contributed by atoms with Crippen molar-refractivity contribution in [3.63, 3.8) is 0 Å². The lowest BCUT2D eigenvalue weighted by Crippen LogP contribution is -2.38. The Bertz CT molecular complexity index is 386. The molecule has 1 aliphatic rings. The second-order valence-electron chi connectivity index (χ2n) is 5.08. The fourth-order valence-corrected chi connectivity index (χ4v) is 4.45. The molecule has 1 heterocycles. The van der Waals surface area contributed by atoms with Crippen molar-refractivity contribution in [3.8, 4) is 0 Å². The third-order valence-corrected chi connectivity index (χ3v) is 5.93. The van der Waals surface area contributed by atoms with E-state index >= 15 is 0 Å². The van der Waals surface area contributed by atoms with E-state index in [0.717, 1.165) is 21.8 Å². The molecule has 1 fully saturated rings. The fourth-order valence-electron chi connectivity index (χ4n) is 2.64. The molecule has 0 bridgehead atoms. The number of rotatable bonds is 4. The summed E-state index contributed by atoms with van der Waals surface area (Å²) in [6, 6.07) is 4.32. The molecule has 2 nitrogen and oxygen atoms in total. The normalized spacial score (nSPS) is 28.3. The SMILES string of the molecule is CCCC1CCC(N)C(Sc2ncccc2Br)C1. The van der Waals surface area contributed by atoms with Crippen LogP contribution < -0.4 is 5.73 Å². The molecule has 100 valence electrons. The van der Waals surface area contributed by atoms with Gasteiger partial charge >= 0.3 is 0 Å². The number of halogens is 1. The lowest BCUT2D eigenvalue weighted by molar-refractivity contribution is 0.316. The first kappa shape index (κ1) is 14.4. The Balaban J connectivity index is 2.00. The number of nitrogens with two attached hydrogens (primary N) is 1. The van der Waals surface area contributed by atoms with Crippen molar-refractivity contribution in [1.29, 1.82) is 0 Å². The number of thioether (sulfide) groups is 1. The van der Waals surface area contributed by atoms with E-state index in [2.05, 4.69) is 27.8 Å². The predicted octanol–water partition coefficient (Wildman–Crippen LogP) is 4.23. The van der Waals surface area contributed by atoms with Crippen LogP contribution in [0.1, 0.15) is 39.0 Å². The fraction of sp³-hybridized carbons (Fsp3) is 0.643. The van der Waals surface area contributed by atoms with Crippen LogP contribution in [0.2, 0.25) is 0 Å². The van der Waals surface area contributed by atoms with Crippen LogP contribution in [0.25, 0.3) is 0 Å². The van der Waals surface area contributed by atoms with Crippen LogP contribution in [0.15, 0.2) is 27.8 Å². The molecule has 1 saturated carbocycles. The molecule has 0 amide bonds. The second-order valence-corrected chi connectivity index (χ2v) is 7.16. The van der Waals surface area contributed by atoms with E-state index in [4.69, 9.17) is 5.73 Å². The van der Waals surface area contributed by atoms with Crippen LogP contribution in [-0.4, -0.2) is 16.3 Å². The van der Waals surface area contributed by atoms with Crippen LogP contribution in [0, 0.1) is 5.92 Å². The van der Waals surface area contributed by atoms with E-state index in [1.165, 1.54) is 25.7 Å². The summed E-state index contributed by atoms with van der Waals surface area (Å²) in [6.07, 6.45) is 8.17. The van der Waals surface area contributed by atoms with Gasteiger partial charge in [0.1, 0.15) is 5.03 Å². The predicted molar refractivity (Wildman–Crippen MR) is 81.8 cm³/mol. The molecular formula is C14H21BrN2S. The minimum absolute atomic E-state index is 0.317. The Kier molecular flexibility index (Phi) is 5.52. The summed E-state index contributed by atoms with van der Waals surface area (Å²) < 4.78 is 1.08. The zero-order chi connectivity index (χ0) is 13.0. The summed E-state index contributed by atoms with van der Waals surface area (Å²) in [7, 11) is 0. The van der Waals surface area contributed by atoms with Gasteiger partial charge < -0.3 is 5.73 Å². The molecule has 1 aromatic rings. The van der Waals surface area contributed by atoms with Gasteiger partial charge in [0, 0.05) is 22.0 Å². The smallest absolute Gasteiger partial charge is 0.110 e. The molecule has 0 spiro atoms. The molecular weight excluding hydrogens is 308 g/mol. The zero-order valence-electron chi connectivity index (χ0n) is 10.8. The maximum Gasteiger partial charge on any atom is 0.110 e. The summed E-state index contributed by atoms with van der Waals surface area (Å²) in [6.45, 7) is 2.27. The van der Waals surface area contributed by atoms with Crippen molar-refractivity contribution in [2.75, 3.05) is 0 Å². The maximum absolute atomic E-state index is 6.27. The standard InChI is InChI=1S/C14H21BrN2S/c1-2-4-10-6-7-12(16)13(9-10)18-14-11(15)5-3-8-17-14/h3,5,8,10,12-13H,2,4,6-7,9,16H2,1H3. The van der Waals surface area contributed by atoms with E-state index in [9.17, 15) is 0 Å². The summed E-state index contributed by atoms with van der Waals surface area (Å²) in [5.74, 6) is 0.856. The summed E-state index contributed by atoms with van der Waals surface area (Å²) in [5, 5.41) is 1.59. The van der Waals surface area contributed by atoms with E-state index in [0.29, 0.717) is 11.3 Å². The Hall–Kier alpha value is -0.0600. The molecule has 0 aromatic carbocycles. The molecule has 2 rings (SSSR count). The number of aromatic nitrogens is 1. The van der Waals surface area contributed by atoms with Crippen molar-refractivity contribution in [2.45, 2.75) is 55.3 Å². The van der Waals surface area contributed by atoms with Gasteiger partial charge in [-0.25, -0.2) is 4.98 Å². The van der Waals surface area contributed by atoms with Crippen LogP contribution in [-0.2, 0) is 0 Å². The number of hydrogen-bond donors (Lipinski definition) is 1. The summed E-state index contributed by atoms with van der Waals surface area (Å²) in [4.78, 5) is 4.44. The van der Waals surface area contributed by atoms with Gasteiger partial charge in [-0.15, -0.1) is 11.8 Å². The zero-order valence-corrected chi connectivity index (χ0v) is 13.2. The Morgan fingerprint density at radius 2 is 2.33 bits per heavy atom. The van der Waals surface area contributed by atoms with Crippen LogP contribution >= 0.6 is 27.7 Å². The van der Waals surface area contributed by atoms with E-state index in [-0.39, 0.29) is 0 Å². The summed E-state index contributed by atoms with van der Waals surface area (Å²) in [5.41, 5.74) is 6.27. The topological polar surface area (TPSA) is 38.9 Å². The van der Waals surface area contributed by atoms with Crippen molar-refractivity contribution in [2.24, 2.45) is 11.7 Å². The van der Waals surface area contributed by atoms with Crippen molar-refractivity contribution in [1.82, 2.24) is 4.98 Å². The van der Waals surface area contributed by atoms with Crippen LogP contribution in [0.3, 0.4) is 0 Å². The van der Waals surface area contributed by atoms with Gasteiger partial charge in [0.05, 0.1) is 0 Å². The molecule has 2 N–H and O–H groups in total. The minimum atomic E-state index is 0.317. The van der Waals surface area contributed by atoms with E-state index < -0.39 is 0 Å². The van der Waals surface area contributed by atoms with E-state index in [1.54, 1.807) is 0 Å². The molecule has 4 heteroatoms. The number of pyridine rings is 1. The molecule has 18 heavy (non-hydrogen) atoms. The number of hydrogen-bond acceptors (Lipinski definition) is 3. The minimum Gasteiger partial charge on any atom is -0.327 e. The third-order valence-electron chi connectivity index (χ3n) is 3.64. The van der Waals surface area contributed by atoms with Crippen molar-refractivity contribution >= 4 is 27.7 Å². The molecule has 3 unspecified atom stereocenters. The van der Waals surface area contributed by atoms with Gasteiger partial charge in [-0.2, -0.15) is 0 Å². The van der Waals surface area contributed by atoms with Gasteiger partial charge in [0.15, 0.2) is 0 Å². The first-order valence-corrected chi connectivity index (χ1v) is 8.40. The van der Waals surface area contributed by atoms with Crippen molar-refractivity contribution < 1.29 is 0 Å². The lowest BCUT2D eigenvalue weighted by atomic mass is 9.83. The molecule has 1 aromatic heterocycles. The Morgan fingerprint density at radius 3 is 3.06 bits per heavy atom. The van der Waals surface area contributed by atoms with Crippen molar-refractivity contribution in [3.05, 3.63) is 22.8 Å². The average molecular weight is 329 g/mol. The molecule has 1 aliphatic carbocycles. The molecule has 3 atom stereocenters. The molecule has 0 aliphatic heterocycles. The first-order chi connectivity index (χ1) is 8.70. The van der Waals surface area contributed by atoms with E-state index in [1.807, 2.05) is 30.1 Å². The van der Waals surface area contributed by atoms with Gasteiger partial charge in [-0.05, 0) is 53.2 Å². The first-order valence-electron chi connectivity index (χ1n) is 6.73. The van der Waals surface area contributed by atoms with Crippen LogP contribution in [0.4, 0.5) is 0 Å². The van der Waals surface area contributed by atoms with Gasteiger partial charge in [0.25, 0.3) is 0 Å². The average Bonchev–Trinajstić information content (AvgIpc) is 2.36. The largest absolute Gasteiger partial charge is 0.327 e.